The van der Waals surface area contributed by atoms with Crippen molar-refractivity contribution in [2.24, 2.45) is 5.92 Å². The van der Waals surface area contributed by atoms with Gasteiger partial charge in [-0.15, -0.1) is 12.4 Å². The fourth-order valence-electron chi connectivity index (χ4n) is 4.82. The smallest absolute Gasteiger partial charge is 0.232 e. The summed E-state index contributed by atoms with van der Waals surface area (Å²) in [7, 11) is 0. The molecule has 2 atom stereocenters. The molecule has 2 aromatic rings. The molecule has 0 spiro atoms. The molecule has 0 aromatic heterocycles. The summed E-state index contributed by atoms with van der Waals surface area (Å²) in [4.78, 5) is 17.6. The highest BCUT2D eigenvalue weighted by molar-refractivity contribution is 6.00. The molecule has 5 rings (SSSR count). The standard InChI is InChI=1S/C21H22N2O.ClH/c24-21-19-14-22(12-15-6-2-1-3-7-15)13-18(19)17-10-4-8-16-9-5-11-23(21)20(16)17;/h1-4,6-8,10,18-19H,5,9,11-14H2;1H/t18-,19+;/m0./s1. The first-order chi connectivity index (χ1) is 11.8. The van der Waals surface area contributed by atoms with E-state index >= 15 is 0 Å². The lowest BCUT2D eigenvalue weighted by molar-refractivity contribution is -0.123. The summed E-state index contributed by atoms with van der Waals surface area (Å²) in [6.07, 6.45) is 2.20. The molecule has 1 saturated heterocycles. The molecule has 3 heterocycles. The van der Waals surface area contributed by atoms with Gasteiger partial charge in [0.2, 0.25) is 5.91 Å². The van der Waals surface area contributed by atoms with E-state index in [0.29, 0.717) is 11.8 Å². The van der Waals surface area contributed by atoms with Crippen LogP contribution in [0.1, 0.15) is 29.0 Å². The molecule has 3 aliphatic rings. The van der Waals surface area contributed by atoms with E-state index in [1.807, 2.05) is 0 Å². The van der Waals surface area contributed by atoms with E-state index in [1.165, 1.54) is 22.4 Å². The average molecular weight is 355 g/mol. The van der Waals surface area contributed by atoms with Gasteiger partial charge in [-0.25, -0.2) is 0 Å². The second kappa shape index (κ2) is 6.47. The van der Waals surface area contributed by atoms with Gasteiger partial charge in [0.15, 0.2) is 0 Å². The normalized spacial score (nSPS) is 24.5. The van der Waals surface area contributed by atoms with Gasteiger partial charge in [-0.05, 0) is 29.5 Å². The van der Waals surface area contributed by atoms with E-state index < -0.39 is 0 Å². The van der Waals surface area contributed by atoms with Gasteiger partial charge < -0.3 is 4.90 Å². The van der Waals surface area contributed by atoms with Crippen LogP contribution in [0.15, 0.2) is 48.5 Å². The summed E-state index contributed by atoms with van der Waals surface area (Å²) in [5, 5.41) is 0. The van der Waals surface area contributed by atoms with Crippen molar-refractivity contribution in [1.82, 2.24) is 4.90 Å². The van der Waals surface area contributed by atoms with Gasteiger partial charge in [0.1, 0.15) is 0 Å². The number of amides is 1. The van der Waals surface area contributed by atoms with E-state index in [1.54, 1.807) is 0 Å². The van der Waals surface area contributed by atoms with Crippen molar-refractivity contribution in [2.75, 3.05) is 24.5 Å². The van der Waals surface area contributed by atoms with Crippen molar-refractivity contribution < 1.29 is 4.79 Å². The number of halogens is 1. The fraction of sp³-hybridized carbons (Fsp3) is 0.381. The number of nitrogens with zero attached hydrogens (tertiary/aromatic N) is 2. The molecule has 4 heteroatoms. The van der Waals surface area contributed by atoms with Crippen molar-refractivity contribution in [1.29, 1.82) is 0 Å². The van der Waals surface area contributed by atoms with Crippen molar-refractivity contribution in [3.05, 3.63) is 65.2 Å². The SMILES string of the molecule is Cl.O=C1[C@@H]2CN(Cc3ccccc3)C[C@H]2c2cccc3c2N1CCC3. The van der Waals surface area contributed by atoms with Crippen LogP contribution in [0.3, 0.4) is 0 Å². The lowest BCUT2D eigenvalue weighted by atomic mass is 9.80. The van der Waals surface area contributed by atoms with Crippen LogP contribution in [0, 0.1) is 5.92 Å². The number of rotatable bonds is 2. The highest BCUT2D eigenvalue weighted by atomic mass is 35.5. The van der Waals surface area contributed by atoms with Crippen molar-refractivity contribution in [3.8, 4) is 0 Å². The van der Waals surface area contributed by atoms with Crippen LogP contribution in [0.25, 0.3) is 0 Å². The third kappa shape index (κ3) is 2.66. The van der Waals surface area contributed by atoms with Crippen molar-refractivity contribution in [3.63, 3.8) is 0 Å². The maximum absolute atomic E-state index is 13.1. The summed E-state index contributed by atoms with van der Waals surface area (Å²) < 4.78 is 0. The minimum atomic E-state index is 0. The van der Waals surface area contributed by atoms with Crippen LogP contribution in [0.2, 0.25) is 0 Å². The zero-order valence-electron chi connectivity index (χ0n) is 14.2. The number of aryl methyl sites for hydroxylation is 1. The number of fused-ring (bicyclic) bond motifs is 2. The van der Waals surface area contributed by atoms with Gasteiger partial charge in [0, 0.05) is 32.1 Å². The monoisotopic (exact) mass is 354 g/mol. The molecular weight excluding hydrogens is 332 g/mol. The van der Waals surface area contributed by atoms with Crippen LogP contribution in [0.4, 0.5) is 5.69 Å². The second-order valence-electron chi connectivity index (χ2n) is 7.34. The average Bonchev–Trinajstić information content (AvgIpc) is 3.04. The molecule has 3 aliphatic heterocycles. The number of para-hydroxylation sites is 1. The molecule has 25 heavy (non-hydrogen) atoms. The molecule has 0 bridgehead atoms. The van der Waals surface area contributed by atoms with E-state index in [-0.39, 0.29) is 18.3 Å². The summed E-state index contributed by atoms with van der Waals surface area (Å²) in [5.41, 5.74) is 5.36. The molecule has 0 radical (unpaired) electrons. The van der Waals surface area contributed by atoms with Crippen molar-refractivity contribution in [2.45, 2.75) is 25.3 Å². The number of likely N-dealkylation sites (tertiary alicyclic amines) is 1. The largest absolute Gasteiger partial charge is 0.312 e. The molecule has 0 aliphatic carbocycles. The van der Waals surface area contributed by atoms with E-state index in [9.17, 15) is 4.79 Å². The Balaban J connectivity index is 0.00000157. The van der Waals surface area contributed by atoms with Gasteiger partial charge in [0.05, 0.1) is 11.6 Å². The van der Waals surface area contributed by atoms with Crippen LogP contribution in [-0.4, -0.2) is 30.4 Å². The Morgan fingerprint density at radius 3 is 2.60 bits per heavy atom. The third-order valence-electron chi connectivity index (χ3n) is 5.88. The van der Waals surface area contributed by atoms with E-state index in [0.717, 1.165) is 39.0 Å². The van der Waals surface area contributed by atoms with Crippen LogP contribution in [0.5, 0.6) is 0 Å². The molecule has 2 aromatic carbocycles. The number of hydrogen-bond acceptors (Lipinski definition) is 2. The summed E-state index contributed by atoms with van der Waals surface area (Å²) in [6.45, 7) is 3.72. The zero-order valence-corrected chi connectivity index (χ0v) is 15.0. The first-order valence-electron chi connectivity index (χ1n) is 9.01. The lowest BCUT2D eigenvalue weighted by Crippen LogP contribution is -2.45. The van der Waals surface area contributed by atoms with Gasteiger partial charge in [-0.2, -0.15) is 0 Å². The predicted molar refractivity (Wildman–Crippen MR) is 102 cm³/mol. The molecule has 130 valence electrons. The van der Waals surface area contributed by atoms with Crippen LogP contribution < -0.4 is 4.90 Å². The number of anilines is 1. The maximum atomic E-state index is 13.1. The number of benzene rings is 2. The van der Waals surface area contributed by atoms with E-state index in [4.69, 9.17) is 0 Å². The van der Waals surface area contributed by atoms with Gasteiger partial charge in [0.25, 0.3) is 0 Å². The molecule has 1 amide bonds. The van der Waals surface area contributed by atoms with Gasteiger partial charge in [-0.3, -0.25) is 9.69 Å². The maximum Gasteiger partial charge on any atom is 0.232 e. The molecule has 3 nitrogen and oxygen atoms in total. The van der Waals surface area contributed by atoms with Gasteiger partial charge in [-0.1, -0.05) is 48.5 Å². The molecule has 0 saturated carbocycles. The Morgan fingerprint density at radius 2 is 1.76 bits per heavy atom. The number of carbonyl (C=O) groups is 1. The Labute approximate surface area is 155 Å². The zero-order chi connectivity index (χ0) is 16.1. The van der Waals surface area contributed by atoms with E-state index in [2.05, 4.69) is 58.3 Å². The lowest BCUT2D eigenvalue weighted by Gasteiger charge is -2.40. The fourth-order valence-corrected chi connectivity index (χ4v) is 4.82. The Hall–Kier alpha value is -1.84. The highest BCUT2D eigenvalue weighted by Crippen LogP contribution is 2.46. The highest BCUT2D eigenvalue weighted by Gasteiger charge is 2.46. The van der Waals surface area contributed by atoms with Crippen LogP contribution >= 0.6 is 12.4 Å². The number of carbonyl (C=O) groups excluding carboxylic acids is 1. The Kier molecular flexibility index (Phi) is 4.30. The second-order valence-corrected chi connectivity index (χ2v) is 7.34. The summed E-state index contributed by atoms with van der Waals surface area (Å²) in [5.74, 6) is 0.857. The third-order valence-corrected chi connectivity index (χ3v) is 5.88. The summed E-state index contributed by atoms with van der Waals surface area (Å²) in [6, 6.07) is 17.2. The minimum Gasteiger partial charge on any atom is -0.312 e. The Bertz CT molecular complexity index is 792. The number of hydrogen-bond donors (Lipinski definition) is 0. The topological polar surface area (TPSA) is 23.6 Å². The van der Waals surface area contributed by atoms with Gasteiger partial charge >= 0.3 is 0 Å². The summed E-state index contributed by atoms with van der Waals surface area (Å²) >= 11 is 0. The van der Waals surface area contributed by atoms with Crippen molar-refractivity contribution >= 4 is 24.0 Å². The molecule has 1 fully saturated rings. The minimum absolute atomic E-state index is 0. The predicted octanol–water partition coefficient (Wildman–Crippen LogP) is 3.62. The molecule has 0 N–H and O–H groups in total. The quantitative estimate of drug-likeness (QED) is 0.822. The first kappa shape index (κ1) is 16.6. The molecular formula is C21H23ClN2O. The van der Waals surface area contributed by atoms with Crippen LogP contribution in [-0.2, 0) is 17.8 Å². The first-order valence-corrected chi connectivity index (χ1v) is 9.01. The Morgan fingerprint density at radius 1 is 0.960 bits per heavy atom. The molecule has 0 unspecified atom stereocenters.